The van der Waals surface area contributed by atoms with Gasteiger partial charge in [-0.2, -0.15) is 5.10 Å². The van der Waals surface area contributed by atoms with Gasteiger partial charge >= 0.3 is 0 Å². The van der Waals surface area contributed by atoms with Gasteiger partial charge in [0.05, 0.1) is 17.3 Å². The zero-order chi connectivity index (χ0) is 29.2. The van der Waals surface area contributed by atoms with Gasteiger partial charge in [-0.25, -0.2) is 14.6 Å². The molecular weight excluding hydrogens is 528 g/mol. The van der Waals surface area contributed by atoms with Gasteiger partial charge in [-0.05, 0) is 60.9 Å². The molecule has 214 valence electrons. The highest BCUT2D eigenvalue weighted by molar-refractivity contribution is 6.21. The number of aromatic nitrogens is 5. The average Bonchev–Trinajstić information content (AvgIpc) is 3.78. The van der Waals surface area contributed by atoms with E-state index < -0.39 is 0 Å². The van der Waals surface area contributed by atoms with Crippen LogP contribution in [0.5, 0.6) is 0 Å². The zero-order valence-electron chi connectivity index (χ0n) is 23.6. The molecule has 1 atom stereocenters. The molecule has 1 aromatic carbocycles. The topological polar surface area (TPSA) is 131 Å². The molecular formula is C31H34N10O. The second-order valence-electron chi connectivity index (χ2n) is 10.3. The summed E-state index contributed by atoms with van der Waals surface area (Å²) < 4.78 is 3.72. The Bertz CT molecular complexity index is 1710. The summed E-state index contributed by atoms with van der Waals surface area (Å²) in [6.07, 6.45) is 10.3. The first-order valence-corrected chi connectivity index (χ1v) is 14.0. The van der Waals surface area contributed by atoms with E-state index in [1.807, 2.05) is 39.9 Å². The lowest BCUT2D eigenvalue weighted by molar-refractivity contribution is -0.127. The maximum atomic E-state index is 12.0. The van der Waals surface area contributed by atoms with Crippen molar-refractivity contribution in [2.24, 2.45) is 10.7 Å². The highest BCUT2D eigenvalue weighted by Gasteiger charge is 2.29. The van der Waals surface area contributed by atoms with Crippen molar-refractivity contribution in [3.05, 3.63) is 91.6 Å². The van der Waals surface area contributed by atoms with Crippen LogP contribution in [0.3, 0.4) is 0 Å². The van der Waals surface area contributed by atoms with E-state index in [-0.39, 0.29) is 11.9 Å². The fourth-order valence-electron chi connectivity index (χ4n) is 5.71. The van der Waals surface area contributed by atoms with Crippen molar-refractivity contribution in [3.63, 3.8) is 0 Å². The highest BCUT2D eigenvalue weighted by Crippen LogP contribution is 2.35. The number of pyridine rings is 1. The number of piperidine rings is 1. The fourth-order valence-corrected chi connectivity index (χ4v) is 5.71. The summed E-state index contributed by atoms with van der Waals surface area (Å²) in [5, 5.41) is 11.7. The average molecular weight is 563 g/mol. The lowest BCUT2D eigenvalue weighted by Gasteiger charge is -2.33. The Balaban J connectivity index is 1.36. The number of allylic oxidation sites excluding steroid dienone is 2. The number of benzene rings is 1. The first-order valence-electron chi connectivity index (χ1n) is 14.0. The number of carbonyl (C=O) groups is 1. The second-order valence-corrected chi connectivity index (χ2v) is 10.3. The van der Waals surface area contributed by atoms with Crippen molar-refractivity contribution in [3.8, 4) is 11.5 Å². The number of hydrogen-bond donors (Lipinski definition) is 3. The van der Waals surface area contributed by atoms with Crippen LogP contribution in [0.4, 0.5) is 5.69 Å². The molecule has 0 spiro atoms. The number of amidine groups is 1. The van der Waals surface area contributed by atoms with Crippen LogP contribution in [0.1, 0.15) is 30.3 Å². The summed E-state index contributed by atoms with van der Waals surface area (Å²) in [5.74, 6) is 1.65. The van der Waals surface area contributed by atoms with Gasteiger partial charge < -0.3 is 21.3 Å². The number of aliphatic imine (C=N–C) groups is 1. The molecule has 4 N–H and O–H groups in total. The van der Waals surface area contributed by atoms with Crippen LogP contribution >= 0.6 is 0 Å². The van der Waals surface area contributed by atoms with Gasteiger partial charge in [0.25, 0.3) is 0 Å². The summed E-state index contributed by atoms with van der Waals surface area (Å²) >= 11 is 0. The minimum absolute atomic E-state index is 0.00421. The van der Waals surface area contributed by atoms with E-state index in [1.165, 1.54) is 11.6 Å². The Kier molecular flexibility index (Phi) is 7.41. The number of nitrogens with two attached hydrogens (primary N) is 1. The Labute approximate surface area is 244 Å². The molecule has 1 fully saturated rings. The van der Waals surface area contributed by atoms with Crippen molar-refractivity contribution >= 4 is 34.2 Å². The van der Waals surface area contributed by atoms with Gasteiger partial charge in [0.1, 0.15) is 11.4 Å². The lowest BCUT2D eigenvalue weighted by Crippen LogP contribution is -2.45. The Morgan fingerprint density at radius 3 is 2.74 bits per heavy atom. The number of nitrogens with one attached hydrogen (secondary N) is 2. The van der Waals surface area contributed by atoms with Crippen molar-refractivity contribution in [2.75, 3.05) is 32.0 Å². The second kappa shape index (κ2) is 11.5. The smallest absolute Gasteiger partial charge is 0.245 e. The number of amides is 1. The van der Waals surface area contributed by atoms with Gasteiger partial charge in [-0.15, -0.1) is 0 Å². The molecule has 42 heavy (non-hydrogen) atoms. The van der Waals surface area contributed by atoms with E-state index in [0.29, 0.717) is 40.3 Å². The van der Waals surface area contributed by atoms with Crippen LogP contribution in [0.15, 0.2) is 85.2 Å². The van der Waals surface area contributed by atoms with Gasteiger partial charge in [-0.1, -0.05) is 25.3 Å². The number of nitrogens with zero attached hydrogens (tertiary/aromatic N) is 7. The molecule has 2 aliphatic rings. The van der Waals surface area contributed by atoms with Crippen LogP contribution in [-0.4, -0.2) is 73.7 Å². The van der Waals surface area contributed by atoms with Crippen molar-refractivity contribution in [2.45, 2.75) is 24.9 Å². The predicted octanol–water partition coefficient (Wildman–Crippen LogP) is 3.40. The fraction of sp³-hybridized carbons (Fsp3) is 0.258. The number of imidazole rings is 1. The molecule has 1 saturated heterocycles. The van der Waals surface area contributed by atoms with E-state index in [9.17, 15) is 4.79 Å². The Morgan fingerprint density at radius 2 is 2.02 bits per heavy atom. The van der Waals surface area contributed by atoms with E-state index >= 15 is 0 Å². The summed E-state index contributed by atoms with van der Waals surface area (Å²) in [7, 11) is 1.65. The van der Waals surface area contributed by atoms with E-state index in [4.69, 9.17) is 15.7 Å². The zero-order valence-corrected chi connectivity index (χ0v) is 23.6. The van der Waals surface area contributed by atoms with Crippen molar-refractivity contribution < 1.29 is 4.79 Å². The minimum atomic E-state index is 0.00421. The summed E-state index contributed by atoms with van der Waals surface area (Å²) in [5.41, 5.74) is 11.5. The van der Waals surface area contributed by atoms with Gasteiger partial charge in [0.2, 0.25) is 5.91 Å². The molecule has 1 amide bonds. The van der Waals surface area contributed by atoms with Crippen molar-refractivity contribution in [1.29, 1.82) is 0 Å². The predicted molar refractivity (Wildman–Crippen MR) is 166 cm³/mol. The molecule has 0 bridgehead atoms. The number of likely N-dealkylation sites (tertiary alicyclic amines) is 1. The molecule has 11 heteroatoms. The van der Waals surface area contributed by atoms with Crippen LogP contribution in [0.2, 0.25) is 0 Å². The number of rotatable bonds is 8. The molecule has 0 aliphatic carbocycles. The van der Waals surface area contributed by atoms with Crippen LogP contribution < -0.4 is 16.4 Å². The first-order chi connectivity index (χ1) is 20.5. The number of carbonyl (C=O) groups excluding carboxylic acids is 1. The first kappa shape index (κ1) is 27.2. The number of fused-ring (bicyclic) bond motifs is 2. The van der Waals surface area contributed by atoms with E-state index in [1.54, 1.807) is 24.0 Å². The molecule has 0 saturated carbocycles. The number of hydrogen-bond acceptors (Lipinski definition) is 7. The maximum Gasteiger partial charge on any atom is 0.245 e. The van der Waals surface area contributed by atoms with Gasteiger partial charge in [-0.3, -0.25) is 14.4 Å². The monoisotopic (exact) mass is 562 g/mol. The standard InChI is InChI=1S/C31H34N10O/c1-4-7-23(29(32)33-3)30-37-24-10-11-27(40-15-6-14-35-40)38-31(24)41(30)21-8-9-22-25(18-21)34-19-26(22)36-20-12-16-39(17-13-20)28(42)5-2/h4-11,14-15,18,20,26,34,36H,1-2,12-13,16-17,19H2,3H3,(H2,32,33)/b23-7+. The molecule has 11 nitrogen and oxygen atoms in total. The van der Waals surface area contributed by atoms with E-state index in [2.05, 4.69) is 52.1 Å². The lowest BCUT2D eigenvalue weighted by atomic mass is 10.0. The minimum Gasteiger partial charge on any atom is -0.383 e. The van der Waals surface area contributed by atoms with Crippen LogP contribution in [-0.2, 0) is 4.79 Å². The maximum absolute atomic E-state index is 12.0. The van der Waals surface area contributed by atoms with E-state index in [0.717, 1.165) is 43.9 Å². The SMILES string of the molecule is C=C/C=C(\C(N)=NC)c1nc2ccc(-n3cccn3)nc2n1-c1ccc2c(c1)NCC2NC1CCN(C(=O)C=C)CC1. The quantitative estimate of drug-likeness (QED) is 0.130. The third kappa shape index (κ3) is 4.99. The molecule has 1 unspecified atom stereocenters. The molecule has 0 radical (unpaired) electrons. The largest absolute Gasteiger partial charge is 0.383 e. The third-order valence-electron chi connectivity index (χ3n) is 7.86. The Hall–Kier alpha value is -5.03. The molecule has 3 aromatic heterocycles. The van der Waals surface area contributed by atoms with Gasteiger partial charge in [0, 0.05) is 50.8 Å². The Morgan fingerprint density at radius 1 is 1.19 bits per heavy atom. The summed E-state index contributed by atoms with van der Waals surface area (Å²) in [6, 6.07) is 12.6. The summed E-state index contributed by atoms with van der Waals surface area (Å²) in [6.45, 7) is 9.74. The summed E-state index contributed by atoms with van der Waals surface area (Å²) in [4.78, 5) is 28.0. The van der Waals surface area contributed by atoms with Crippen molar-refractivity contribution in [1.82, 2.24) is 34.5 Å². The third-order valence-corrected chi connectivity index (χ3v) is 7.86. The molecule has 2 aliphatic heterocycles. The van der Waals surface area contributed by atoms with Gasteiger partial charge in [0.15, 0.2) is 17.3 Å². The highest BCUT2D eigenvalue weighted by atomic mass is 16.2. The molecule has 4 aromatic rings. The number of anilines is 1. The van der Waals surface area contributed by atoms with Crippen LogP contribution in [0, 0.1) is 0 Å². The molecule has 5 heterocycles. The van der Waals surface area contributed by atoms with Crippen LogP contribution in [0.25, 0.3) is 28.2 Å². The molecule has 6 rings (SSSR count). The normalized spacial score (nSPS) is 17.7.